The molecule has 2 heterocycles. The largest absolute Gasteiger partial charge is 0.493 e. The van der Waals surface area contributed by atoms with E-state index in [1.807, 2.05) is 11.0 Å². The van der Waals surface area contributed by atoms with Crippen LogP contribution in [0.1, 0.15) is 63.6 Å². The lowest BCUT2D eigenvalue weighted by molar-refractivity contribution is 0.0793. The molecule has 2 aromatic rings. The van der Waals surface area contributed by atoms with Crippen LogP contribution in [-0.4, -0.2) is 44.0 Å². The van der Waals surface area contributed by atoms with Gasteiger partial charge in [0.25, 0.3) is 11.8 Å². The molecule has 1 fully saturated rings. The Bertz CT molecular complexity index is 916. The zero-order valence-electron chi connectivity index (χ0n) is 18.2. The highest BCUT2D eigenvalue weighted by atomic mass is 32.1. The first-order valence-corrected chi connectivity index (χ1v) is 11.3. The fourth-order valence-corrected chi connectivity index (χ4v) is 5.00. The maximum absolute atomic E-state index is 13.1. The van der Waals surface area contributed by atoms with E-state index in [0.29, 0.717) is 27.6 Å². The zero-order valence-corrected chi connectivity index (χ0v) is 19.0. The molecule has 0 saturated carbocycles. The molecule has 1 aromatic heterocycles. The van der Waals surface area contributed by atoms with Gasteiger partial charge >= 0.3 is 0 Å². The number of nitrogens with zero attached hydrogens (tertiary/aromatic N) is 1. The first kappa shape index (κ1) is 22.2. The minimum Gasteiger partial charge on any atom is -0.493 e. The average molecular weight is 431 g/mol. The number of carbonyl (C=O) groups excluding carboxylic acids is 2. The number of anilines is 1. The van der Waals surface area contributed by atoms with Crippen LogP contribution in [0.25, 0.3) is 0 Å². The highest BCUT2D eigenvalue weighted by molar-refractivity contribution is 7.14. The summed E-state index contributed by atoms with van der Waals surface area (Å²) in [6, 6.07) is 5.29. The lowest BCUT2D eigenvalue weighted by Gasteiger charge is -2.20. The molecule has 162 valence electrons. The number of aryl methyl sites for hydroxylation is 2. The van der Waals surface area contributed by atoms with Crippen molar-refractivity contribution in [3.05, 3.63) is 39.1 Å². The second-order valence-corrected chi connectivity index (χ2v) is 8.51. The number of nitrogens with one attached hydrogen (secondary N) is 1. The lowest BCUT2D eigenvalue weighted by atomic mass is 10.1. The molecule has 0 atom stereocenters. The smallest absolute Gasteiger partial charge is 0.265 e. The van der Waals surface area contributed by atoms with Crippen LogP contribution in [0.2, 0.25) is 0 Å². The van der Waals surface area contributed by atoms with Gasteiger partial charge in [-0.05, 0) is 43.4 Å². The average Bonchev–Trinajstić information content (AvgIpc) is 3.43. The Morgan fingerprint density at radius 1 is 1.07 bits per heavy atom. The fraction of sp³-hybridized carbons (Fsp3) is 0.478. The number of hydrogen-bond acceptors (Lipinski definition) is 5. The van der Waals surface area contributed by atoms with Crippen molar-refractivity contribution in [1.82, 2.24) is 4.90 Å². The molecule has 0 radical (unpaired) electrons. The number of hydrogen-bond donors (Lipinski definition) is 1. The van der Waals surface area contributed by atoms with Crippen LogP contribution in [0.5, 0.6) is 11.5 Å². The Labute approximate surface area is 182 Å². The van der Waals surface area contributed by atoms with E-state index in [0.717, 1.165) is 45.2 Å². The summed E-state index contributed by atoms with van der Waals surface area (Å²) in [7, 11) is 3.07. The van der Waals surface area contributed by atoms with Crippen molar-refractivity contribution in [3.8, 4) is 11.5 Å². The van der Waals surface area contributed by atoms with Gasteiger partial charge in [0.15, 0.2) is 11.5 Å². The third-order valence-electron chi connectivity index (χ3n) is 5.37. The van der Waals surface area contributed by atoms with Crippen molar-refractivity contribution in [1.29, 1.82) is 0 Å². The molecule has 3 rings (SSSR count). The van der Waals surface area contributed by atoms with E-state index < -0.39 is 0 Å². The first-order chi connectivity index (χ1) is 14.5. The van der Waals surface area contributed by atoms with E-state index in [-0.39, 0.29) is 11.8 Å². The van der Waals surface area contributed by atoms with Crippen molar-refractivity contribution < 1.29 is 19.1 Å². The summed E-state index contributed by atoms with van der Waals surface area (Å²) in [4.78, 5) is 29.9. The number of amides is 2. The number of methoxy groups -OCH3 is 2. The molecule has 0 bridgehead atoms. The van der Waals surface area contributed by atoms with Crippen LogP contribution in [0.15, 0.2) is 18.2 Å². The lowest BCUT2D eigenvalue weighted by Crippen LogP contribution is -2.29. The quantitative estimate of drug-likeness (QED) is 0.655. The van der Waals surface area contributed by atoms with Crippen molar-refractivity contribution in [3.63, 3.8) is 0 Å². The van der Waals surface area contributed by atoms with Crippen LogP contribution in [-0.2, 0) is 12.8 Å². The van der Waals surface area contributed by atoms with Crippen LogP contribution in [0, 0.1) is 0 Å². The summed E-state index contributed by atoms with van der Waals surface area (Å²) >= 11 is 1.53. The van der Waals surface area contributed by atoms with Gasteiger partial charge in [0.05, 0.1) is 30.3 Å². The highest BCUT2D eigenvalue weighted by Crippen LogP contribution is 2.35. The minimum atomic E-state index is -0.209. The molecule has 1 aliphatic heterocycles. The highest BCUT2D eigenvalue weighted by Gasteiger charge is 2.25. The third-order valence-corrected chi connectivity index (χ3v) is 6.61. The molecule has 0 unspecified atom stereocenters. The topological polar surface area (TPSA) is 67.9 Å². The first-order valence-electron chi connectivity index (χ1n) is 10.5. The number of likely N-dealkylation sites (tertiary alicyclic amines) is 1. The van der Waals surface area contributed by atoms with Crippen molar-refractivity contribution in [2.24, 2.45) is 0 Å². The molecule has 2 amide bonds. The van der Waals surface area contributed by atoms with Gasteiger partial charge in [-0.2, -0.15) is 0 Å². The second kappa shape index (κ2) is 9.98. The van der Waals surface area contributed by atoms with Crippen molar-refractivity contribution in [2.75, 3.05) is 32.6 Å². The van der Waals surface area contributed by atoms with E-state index in [2.05, 4.69) is 19.2 Å². The molecule has 6 nitrogen and oxygen atoms in total. The Morgan fingerprint density at radius 2 is 1.73 bits per heavy atom. The van der Waals surface area contributed by atoms with E-state index in [1.54, 1.807) is 12.1 Å². The Kier molecular flexibility index (Phi) is 7.37. The van der Waals surface area contributed by atoms with E-state index in [1.165, 1.54) is 36.0 Å². The van der Waals surface area contributed by atoms with Crippen molar-refractivity contribution >= 4 is 28.8 Å². The second-order valence-electron chi connectivity index (χ2n) is 7.37. The predicted octanol–water partition coefficient (Wildman–Crippen LogP) is 4.77. The Hall–Kier alpha value is -2.54. The summed E-state index contributed by atoms with van der Waals surface area (Å²) in [5.41, 5.74) is 2.08. The molecule has 7 heteroatoms. The minimum absolute atomic E-state index is 0.101. The summed E-state index contributed by atoms with van der Waals surface area (Å²) in [6.07, 6.45) is 4.90. The molecular weight excluding hydrogens is 400 g/mol. The van der Waals surface area contributed by atoms with Crippen LogP contribution < -0.4 is 14.8 Å². The molecule has 1 aromatic carbocycles. The molecule has 1 N–H and O–H groups in total. The molecule has 0 spiro atoms. The third kappa shape index (κ3) is 4.61. The standard InChI is InChI=1S/C23H30N2O4S/c1-5-9-20-15(6-2)12-21(30-20)22(26)24-17-14-19(29-4)18(28-3)13-16(17)23(27)25-10-7-8-11-25/h12-14H,5-11H2,1-4H3,(H,24,26). The number of carbonyl (C=O) groups is 2. The van der Waals surface area contributed by atoms with Crippen LogP contribution in [0.4, 0.5) is 5.69 Å². The SMILES string of the molecule is CCCc1sc(C(=O)Nc2cc(OC)c(OC)cc2C(=O)N2CCCC2)cc1CC. The fourth-order valence-electron chi connectivity index (χ4n) is 3.75. The maximum atomic E-state index is 13.1. The summed E-state index contributed by atoms with van der Waals surface area (Å²) < 4.78 is 10.8. The van der Waals surface area contributed by atoms with Crippen molar-refractivity contribution in [2.45, 2.75) is 46.0 Å². The number of rotatable bonds is 8. The van der Waals surface area contributed by atoms with Crippen LogP contribution >= 0.6 is 11.3 Å². The monoisotopic (exact) mass is 430 g/mol. The Morgan fingerprint density at radius 3 is 2.33 bits per heavy atom. The van der Waals surface area contributed by atoms with Gasteiger partial charge in [-0.3, -0.25) is 9.59 Å². The molecule has 1 aliphatic rings. The predicted molar refractivity (Wildman–Crippen MR) is 120 cm³/mol. The van der Waals surface area contributed by atoms with Crippen LogP contribution in [0.3, 0.4) is 0 Å². The number of ether oxygens (including phenoxy) is 2. The zero-order chi connectivity index (χ0) is 21.7. The van der Waals surface area contributed by atoms with E-state index in [9.17, 15) is 9.59 Å². The summed E-state index contributed by atoms with van der Waals surface area (Å²) in [5.74, 6) is 0.626. The van der Waals surface area contributed by atoms with Gasteiger partial charge in [0.2, 0.25) is 0 Å². The van der Waals surface area contributed by atoms with E-state index in [4.69, 9.17) is 9.47 Å². The molecule has 0 aliphatic carbocycles. The normalized spacial score (nSPS) is 13.4. The summed E-state index contributed by atoms with van der Waals surface area (Å²) in [6.45, 7) is 5.69. The van der Waals surface area contributed by atoms with E-state index >= 15 is 0 Å². The number of benzene rings is 1. The molecule has 1 saturated heterocycles. The Balaban J connectivity index is 1.95. The molecule has 30 heavy (non-hydrogen) atoms. The summed E-state index contributed by atoms with van der Waals surface area (Å²) in [5, 5.41) is 2.95. The maximum Gasteiger partial charge on any atom is 0.265 e. The van der Waals surface area contributed by atoms with Gasteiger partial charge in [0, 0.05) is 24.0 Å². The van der Waals surface area contributed by atoms with Gasteiger partial charge < -0.3 is 19.7 Å². The van der Waals surface area contributed by atoms with Gasteiger partial charge in [0.1, 0.15) is 0 Å². The van der Waals surface area contributed by atoms with Gasteiger partial charge in [-0.25, -0.2) is 0 Å². The van der Waals surface area contributed by atoms with Gasteiger partial charge in [-0.1, -0.05) is 20.3 Å². The number of thiophene rings is 1. The van der Waals surface area contributed by atoms with Gasteiger partial charge in [-0.15, -0.1) is 11.3 Å². The molecular formula is C23H30N2O4S.